The molecule has 0 saturated heterocycles. The fraction of sp³-hybridized carbons (Fsp3) is 0.538. The molecule has 1 aliphatic rings. The van der Waals surface area contributed by atoms with E-state index in [9.17, 15) is 0 Å². The highest BCUT2D eigenvalue weighted by atomic mass is 35.5. The lowest BCUT2D eigenvalue weighted by Gasteiger charge is -2.13. The molecule has 1 aromatic carbocycles. The molecule has 2 N–H and O–H groups in total. The topological polar surface area (TPSA) is 35.2 Å². The summed E-state index contributed by atoms with van der Waals surface area (Å²) in [4.78, 5) is 0. The molecule has 2 nitrogen and oxygen atoms in total. The number of benzene rings is 1. The number of ether oxygens (including phenoxy) is 1. The van der Waals surface area contributed by atoms with Gasteiger partial charge in [0, 0.05) is 6.04 Å². The molecule has 90 valence electrons. The minimum atomic E-state index is 0. The number of nitrogens with two attached hydrogens (primary N) is 1. The smallest absolute Gasteiger partial charge is 0.119 e. The Morgan fingerprint density at radius 2 is 1.81 bits per heavy atom. The van der Waals surface area contributed by atoms with Gasteiger partial charge in [0.15, 0.2) is 0 Å². The van der Waals surface area contributed by atoms with Crippen molar-refractivity contribution in [1.29, 1.82) is 0 Å². The lowest BCUT2D eigenvalue weighted by Crippen LogP contribution is -2.29. The van der Waals surface area contributed by atoms with E-state index < -0.39 is 0 Å². The van der Waals surface area contributed by atoms with E-state index in [0.29, 0.717) is 12.5 Å². The van der Waals surface area contributed by atoms with Crippen molar-refractivity contribution in [2.75, 3.05) is 6.61 Å². The predicted molar refractivity (Wildman–Crippen MR) is 69.4 cm³/mol. The van der Waals surface area contributed by atoms with Gasteiger partial charge in [-0.15, -0.1) is 12.4 Å². The van der Waals surface area contributed by atoms with Crippen molar-refractivity contribution in [3.63, 3.8) is 0 Å². The van der Waals surface area contributed by atoms with E-state index in [2.05, 4.69) is 32.0 Å². The minimum absolute atomic E-state index is 0. The van der Waals surface area contributed by atoms with Gasteiger partial charge in [-0.3, -0.25) is 0 Å². The molecule has 0 amide bonds. The number of hydrogen-bond acceptors (Lipinski definition) is 2. The monoisotopic (exact) mass is 241 g/mol. The molecule has 0 bridgehead atoms. The summed E-state index contributed by atoms with van der Waals surface area (Å²) in [5.41, 5.74) is 8.46. The molecule has 1 saturated carbocycles. The van der Waals surface area contributed by atoms with E-state index in [4.69, 9.17) is 10.5 Å². The van der Waals surface area contributed by atoms with Crippen LogP contribution in [-0.4, -0.2) is 12.6 Å². The van der Waals surface area contributed by atoms with Crippen LogP contribution in [0.2, 0.25) is 0 Å². The van der Waals surface area contributed by atoms with Gasteiger partial charge in [0.25, 0.3) is 0 Å². The molecule has 1 fully saturated rings. The van der Waals surface area contributed by atoms with Gasteiger partial charge >= 0.3 is 0 Å². The molecule has 0 heterocycles. The van der Waals surface area contributed by atoms with Crippen LogP contribution in [0.5, 0.6) is 5.75 Å². The molecule has 16 heavy (non-hydrogen) atoms. The van der Waals surface area contributed by atoms with Crippen LogP contribution in [0.15, 0.2) is 18.2 Å². The maximum absolute atomic E-state index is 5.98. The van der Waals surface area contributed by atoms with Crippen molar-refractivity contribution in [3.8, 4) is 5.75 Å². The Balaban J connectivity index is 0.00000128. The lowest BCUT2D eigenvalue weighted by atomic mass is 10.1. The highest BCUT2D eigenvalue weighted by Crippen LogP contribution is 2.31. The summed E-state index contributed by atoms with van der Waals surface area (Å²) in [5, 5.41) is 0. The summed E-state index contributed by atoms with van der Waals surface area (Å²) in [6.45, 7) is 4.81. The summed E-state index contributed by atoms with van der Waals surface area (Å²) in [6.07, 6.45) is 2.55. The Bertz CT molecular complexity index is 330. The van der Waals surface area contributed by atoms with Crippen LogP contribution in [0.3, 0.4) is 0 Å². The van der Waals surface area contributed by atoms with Crippen LogP contribution in [0.25, 0.3) is 0 Å². The molecule has 1 atom stereocenters. The first-order valence-electron chi connectivity index (χ1n) is 5.62. The third-order valence-electron chi connectivity index (χ3n) is 2.87. The molecular weight excluding hydrogens is 222 g/mol. The van der Waals surface area contributed by atoms with Gasteiger partial charge in [-0.1, -0.05) is 6.07 Å². The maximum atomic E-state index is 5.98. The Morgan fingerprint density at radius 3 is 2.31 bits per heavy atom. The minimum Gasteiger partial charge on any atom is -0.492 e. The van der Waals surface area contributed by atoms with E-state index in [1.165, 1.54) is 24.0 Å². The second-order valence-corrected chi connectivity index (χ2v) is 4.64. The average Bonchev–Trinajstić information content (AvgIpc) is 2.95. The molecule has 0 unspecified atom stereocenters. The Kier molecular flexibility index (Phi) is 4.63. The summed E-state index contributed by atoms with van der Waals surface area (Å²) in [5.74, 6) is 1.65. The third kappa shape index (κ3) is 3.69. The van der Waals surface area contributed by atoms with Crippen molar-refractivity contribution >= 4 is 12.4 Å². The lowest BCUT2D eigenvalue weighted by molar-refractivity contribution is 0.276. The van der Waals surface area contributed by atoms with E-state index in [1.807, 2.05) is 0 Å². The third-order valence-corrected chi connectivity index (χ3v) is 2.87. The second-order valence-electron chi connectivity index (χ2n) is 4.64. The molecule has 1 aromatic rings. The summed E-state index contributed by atoms with van der Waals surface area (Å²) in [6, 6.07) is 6.48. The zero-order chi connectivity index (χ0) is 10.8. The normalized spacial score (nSPS) is 16.4. The van der Waals surface area contributed by atoms with E-state index in [-0.39, 0.29) is 18.4 Å². The first-order valence-corrected chi connectivity index (χ1v) is 5.62. The Hall–Kier alpha value is -0.730. The fourth-order valence-electron chi connectivity index (χ4n) is 1.87. The van der Waals surface area contributed by atoms with E-state index in [0.717, 1.165) is 5.75 Å². The van der Waals surface area contributed by atoms with E-state index in [1.54, 1.807) is 0 Å². The van der Waals surface area contributed by atoms with Crippen molar-refractivity contribution in [2.45, 2.75) is 32.7 Å². The SMILES string of the molecule is Cc1cc(C)cc(OC[C@@H](N)C2CC2)c1.Cl. The first-order chi connectivity index (χ1) is 7.15. The standard InChI is InChI=1S/C13H19NO.ClH/c1-9-5-10(2)7-12(6-9)15-8-13(14)11-3-4-11;/h5-7,11,13H,3-4,8,14H2,1-2H3;1H/t13-;/m1./s1. The van der Waals surface area contributed by atoms with Crippen molar-refractivity contribution in [3.05, 3.63) is 29.3 Å². The quantitative estimate of drug-likeness (QED) is 0.880. The summed E-state index contributed by atoms with van der Waals surface area (Å²) in [7, 11) is 0. The first kappa shape index (κ1) is 13.3. The molecular formula is C13H20ClNO. The zero-order valence-electron chi connectivity index (χ0n) is 9.90. The van der Waals surface area contributed by atoms with Gasteiger partial charge in [0.2, 0.25) is 0 Å². The van der Waals surface area contributed by atoms with Gasteiger partial charge in [0.05, 0.1) is 0 Å². The summed E-state index contributed by atoms with van der Waals surface area (Å²) < 4.78 is 5.71. The Morgan fingerprint density at radius 1 is 1.25 bits per heavy atom. The Labute approximate surface area is 104 Å². The van der Waals surface area contributed by atoms with Crippen LogP contribution >= 0.6 is 12.4 Å². The molecule has 0 spiro atoms. The largest absolute Gasteiger partial charge is 0.492 e. The van der Waals surface area contributed by atoms with Gasteiger partial charge in [-0.2, -0.15) is 0 Å². The average molecular weight is 242 g/mol. The molecule has 2 rings (SSSR count). The van der Waals surface area contributed by atoms with Crippen molar-refractivity contribution in [1.82, 2.24) is 0 Å². The number of halogens is 1. The van der Waals surface area contributed by atoms with Crippen LogP contribution in [0.1, 0.15) is 24.0 Å². The van der Waals surface area contributed by atoms with E-state index >= 15 is 0 Å². The van der Waals surface area contributed by atoms with Crippen LogP contribution in [0.4, 0.5) is 0 Å². The number of aryl methyl sites for hydroxylation is 2. The maximum Gasteiger partial charge on any atom is 0.119 e. The number of rotatable bonds is 4. The molecule has 0 aliphatic heterocycles. The van der Waals surface area contributed by atoms with Gasteiger partial charge in [-0.25, -0.2) is 0 Å². The van der Waals surface area contributed by atoms with Crippen molar-refractivity contribution < 1.29 is 4.74 Å². The van der Waals surface area contributed by atoms with Crippen molar-refractivity contribution in [2.24, 2.45) is 11.7 Å². The van der Waals surface area contributed by atoms with Crippen LogP contribution in [-0.2, 0) is 0 Å². The van der Waals surface area contributed by atoms with Gasteiger partial charge in [-0.05, 0) is 55.9 Å². The zero-order valence-corrected chi connectivity index (χ0v) is 10.7. The molecule has 1 aliphatic carbocycles. The molecule has 0 aromatic heterocycles. The van der Waals surface area contributed by atoms with Gasteiger partial charge < -0.3 is 10.5 Å². The molecule has 0 radical (unpaired) electrons. The molecule has 3 heteroatoms. The highest BCUT2D eigenvalue weighted by molar-refractivity contribution is 5.85. The predicted octanol–water partition coefficient (Wildman–Crippen LogP) is 2.84. The van der Waals surface area contributed by atoms with Crippen LogP contribution in [0, 0.1) is 19.8 Å². The van der Waals surface area contributed by atoms with Crippen LogP contribution < -0.4 is 10.5 Å². The number of hydrogen-bond donors (Lipinski definition) is 1. The second kappa shape index (κ2) is 5.55. The highest BCUT2D eigenvalue weighted by Gasteiger charge is 2.28. The fourth-order valence-corrected chi connectivity index (χ4v) is 1.87. The summed E-state index contributed by atoms with van der Waals surface area (Å²) >= 11 is 0. The van der Waals surface area contributed by atoms with Gasteiger partial charge in [0.1, 0.15) is 12.4 Å².